The van der Waals surface area contributed by atoms with E-state index in [1.807, 2.05) is 0 Å². The predicted molar refractivity (Wildman–Crippen MR) is 82.9 cm³/mol. The quantitative estimate of drug-likeness (QED) is 0.879. The minimum absolute atomic E-state index is 0. The van der Waals surface area contributed by atoms with Crippen molar-refractivity contribution in [2.75, 3.05) is 0 Å². The van der Waals surface area contributed by atoms with Gasteiger partial charge in [0.15, 0.2) is 0 Å². The number of rotatable bonds is 5. The molecule has 1 aliphatic rings. The number of amides is 1. The summed E-state index contributed by atoms with van der Waals surface area (Å²) in [4.78, 5) is 13.1. The second-order valence-electron chi connectivity index (χ2n) is 5.11. The van der Waals surface area contributed by atoms with Gasteiger partial charge in [0.05, 0.1) is 0 Å². The van der Waals surface area contributed by atoms with Crippen LogP contribution in [0.4, 0.5) is 0 Å². The number of aryl methyl sites for hydroxylation is 1. The smallest absolute Gasteiger partial charge is 0.220 e. The van der Waals surface area contributed by atoms with Crippen LogP contribution in [0.3, 0.4) is 0 Å². The average Bonchev–Trinajstić information content (AvgIpc) is 2.85. The molecule has 19 heavy (non-hydrogen) atoms. The summed E-state index contributed by atoms with van der Waals surface area (Å²) < 4.78 is 0. The van der Waals surface area contributed by atoms with Gasteiger partial charge in [-0.05, 0) is 50.0 Å². The number of carbonyl (C=O) groups excluding carboxylic acids is 1. The highest BCUT2D eigenvalue weighted by molar-refractivity contribution is 7.09. The molecule has 108 valence electrons. The number of halogens is 1. The van der Waals surface area contributed by atoms with Crippen LogP contribution < -0.4 is 11.1 Å². The first-order valence-corrected chi connectivity index (χ1v) is 7.69. The van der Waals surface area contributed by atoms with Crippen molar-refractivity contribution in [1.29, 1.82) is 0 Å². The summed E-state index contributed by atoms with van der Waals surface area (Å²) in [5.74, 6) is 0.201. The highest BCUT2D eigenvalue weighted by Gasteiger charge is 2.19. The molecule has 0 aliphatic heterocycles. The number of thiophene rings is 1. The lowest BCUT2D eigenvalue weighted by atomic mass is 9.92. The van der Waals surface area contributed by atoms with E-state index in [9.17, 15) is 4.79 Å². The molecule has 0 unspecified atom stereocenters. The first-order valence-electron chi connectivity index (χ1n) is 6.81. The fourth-order valence-corrected chi connectivity index (χ4v) is 3.19. The lowest BCUT2D eigenvalue weighted by Crippen LogP contribution is -2.40. The van der Waals surface area contributed by atoms with Crippen LogP contribution in [0.1, 0.15) is 43.4 Å². The Balaban J connectivity index is 0.00000180. The van der Waals surface area contributed by atoms with Crippen LogP contribution in [0, 0.1) is 0 Å². The molecule has 0 spiro atoms. The zero-order valence-corrected chi connectivity index (χ0v) is 12.8. The zero-order valence-electron chi connectivity index (χ0n) is 11.1. The standard InChI is InChI=1S/C14H22N2OS.ClH/c15-11-6-8-12(9-7-11)16-14(17)5-1-3-13-4-2-10-18-13;/h2,4,10-12H,1,3,5-9,15H2,(H,16,17);1H. The first-order chi connectivity index (χ1) is 8.74. The molecule has 3 nitrogen and oxygen atoms in total. The molecule has 1 aliphatic carbocycles. The fraction of sp³-hybridized carbons (Fsp3) is 0.643. The summed E-state index contributed by atoms with van der Waals surface area (Å²) in [6, 6.07) is 4.90. The van der Waals surface area contributed by atoms with Crippen LogP contribution in [0.25, 0.3) is 0 Å². The molecular formula is C14H23ClN2OS. The van der Waals surface area contributed by atoms with Crippen molar-refractivity contribution < 1.29 is 4.79 Å². The Morgan fingerprint density at radius 1 is 1.37 bits per heavy atom. The van der Waals surface area contributed by atoms with Crippen molar-refractivity contribution in [2.24, 2.45) is 5.73 Å². The molecule has 1 aromatic rings. The monoisotopic (exact) mass is 302 g/mol. The van der Waals surface area contributed by atoms with E-state index in [-0.39, 0.29) is 18.3 Å². The normalized spacial score (nSPS) is 22.6. The summed E-state index contributed by atoms with van der Waals surface area (Å²) in [7, 11) is 0. The minimum atomic E-state index is 0. The molecular weight excluding hydrogens is 280 g/mol. The van der Waals surface area contributed by atoms with Crippen molar-refractivity contribution in [2.45, 2.75) is 57.0 Å². The molecule has 0 aromatic carbocycles. The molecule has 0 bridgehead atoms. The molecule has 1 amide bonds. The van der Waals surface area contributed by atoms with E-state index < -0.39 is 0 Å². The van der Waals surface area contributed by atoms with Gasteiger partial charge in [-0.1, -0.05) is 6.07 Å². The largest absolute Gasteiger partial charge is 0.353 e. The van der Waals surface area contributed by atoms with E-state index in [2.05, 4.69) is 22.8 Å². The molecule has 0 radical (unpaired) electrons. The Morgan fingerprint density at radius 3 is 2.74 bits per heavy atom. The van der Waals surface area contributed by atoms with Crippen LogP contribution in [0.2, 0.25) is 0 Å². The molecule has 1 aromatic heterocycles. The molecule has 2 rings (SSSR count). The Bertz CT molecular complexity index is 362. The first kappa shape index (κ1) is 16.5. The van der Waals surface area contributed by atoms with Crippen LogP contribution in [0.5, 0.6) is 0 Å². The summed E-state index contributed by atoms with van der Waals surface area (Å²) in [5, 5.41) is 5.21. The summed E-state index contributed by atoms with van der Waals surface area (Å²) in [5.41, 5.74) is 5.85. The molecule has 0 saturated heterocycles. The van der Waals surface area contributed by atoms with E-state index in [0.717, 1.165) is 38.5 Å². The molecule has 5 heteroatoms. The fourth-order valence-electron chi connectivity index (χ4n) is 2.44. The molecule has 1 heterocycles. The van der Waals surface area contributed by atoms with Gasteiger partial charge in [-0.2, -0.15) is 0 Å². The topological polar surface area (TPSA) is 55.1 Å². The molecule has 0 atom stereocenters. The minimum Gasteiger partial charge on any atom is -0.353 e. The maximum atomic E-state index is 11.8. The van der Waals surface area contributed by atoms with Crippen molar-refractivity contribution in [3.05, 3.63) is 22.4 Å². The SMILES string of the molecule is Cl.NC1CCC(NC(=O)CCCc2cccs2)CC1. The number of hydrogen-bond acceptors (Lipinski definition) is 3. The van der Waals surface area contributed by atoms with Crippen LogP contribution in [-0.4, -0.2) is 18.0 Å². The molecule has 1 saturated carbocycles. The van der Waals surface area contributed by atoms with Crippen LogP contribution in [0.15, 0.2) is 17.5 Å². The van der Waals surface area contributed by atoms with Crippen LogP contribution in [-0.2, 0) is 11.2 Å². The van der Waals surface area contributed by atoms with E-state index in [1.54, 1.807) is 11.3 Å². The third kappa shape index (κ3) is 5.93. The summed E-state index contributed by atoms with van der Waals surface area (Å²) in [6.45, 7) is 0. The van der Waals surface area contributed by atoms with Gasteiger partial charge in [-0.25, -0.2) is 0 Å². The van der Waals surface area contributed by atoms with E-state index in [0.29, 0.717) is 18.5 Å². The van der Waals surface area contributed by atoms with Gasteiger partial charge in [-0.3, -0.25) is 4.79 Å². The summed E-state index contributed by atoms with van der Waals surface area (Å²) >= 11 is 1.76. The number of carbonyl (C=O) groups is 1. The lowest BCUT2D eigenvalue weighted by molar-refractivity contribution is -0.122. The molecule has 1 fully saturated rings. The van der Waals surface area contributed by atoms with Crippen molar-refractivity contribution >= 4 is 29.7 Å². The number of nitrogens with two attached hydrogens (primary N) is 1. The zero-order chi connectivity index (χ0) is 12.8. The maximum absolute atomic E-state index is 11.8. The van der Waals surface area contributed by atoms with Crippen LogP contribution >= 0.6 is 23.7 Å². The van der Waals surface area contributed by atoms with Gasteiger partial charge in [0.25, 0.3) is 0 Å². The van der Waals surface area contributed by atoms with E-state index in [4.69, 9.17) is 5.73 Å². The van der Waals surface area contributed by atoms with Crippen molar-refractivity contribution in [3.63, 3.8) is 0 Å². The summed E-state index contributed by atoms with van der Waals surface area (Å²) in [6.07, 6.45) is 6.76. The second kappa shape index (κ2) is 8.56. The molecule has 3 N–H and O–H groups in total. The van der Waals surface area contributed by atoms with Crippen molar-refractivity contribution in [1.82, 2.24) is 5.32 Å². The Hall–Kier alpha value is -0.580. The van der Waals surface area contributed by atoms with Gasteiger partial charge >= 0.3 is 0 Å². The van der Waals surface area contributed by atoms with Gasteiger partial charge < -0.3 is 11.1 Å². The highest BCUT2D eigenvalue weighted by Crippen LogP contribution is 2.17. The predicted octanol–water partition coefficient (Wildman–Crippen LogP) is 2.88. The van der Waals surface area contributed by atoms with E-state index in [1.165, 1.54) is 4.88 Å². The number of hydrogen-bond donors (Lipinski definition) is 2. The Labute approximate surface area is 125 Å². The maximum Gasteiger partial charge on any atom is 0.220 e. The van der Waals surface area contributed by atoms with Gasteiger partial charge in [0.1, 0.15) is 0 Å². The van der Waals surface area contributed by atoms with E-state index >= 15 is 0 Å². The third-order valence-corrected chi connectivity index (χ3v) is 4.48. The average molecular weight is 303 g/mol. The van der Waals surface area contributed by atoms with Gasteiger partial charge in [0, 0.05) is 23.4 Å². The third-order valence-electron chi connectivity index (χ3n) is 3.54. The van der Waals surface area contributed by atoms with Crippen molar-refractivity contribution in [3.8, 4) is 0 Å². The lowest BCUT2D eigenvalue weighted by Gasteiger charge is -2.26. The highest BCUT2D eigenvalue weighted by atomic mass is 35.5. The number of nitrogens with one attached hydrogen (secondary N) is 1. The van der Waals surface area contributed by atoms with Gasteiger partial charge in [-0.15, -0.1) is 23.7 Å². The Kier molecular flexibility index (Phi) is 7.42. The van der Waals surface area contributed by atoms with Gasteiger partial charge in [0.2, 0.25) is 5.91 Å². The Morgan fingerprint density at radius 2 is 2.11 bits per heavy atom. The second-order valence-corrected chi connectivity index (χ2v) is 6.14.